The zero-order valence-corrected chi connectivity index (χ0v) is 11.7. The number of aryl methyl sites for hydroxylation is 1. The lowest BCUT2D eigenvalue weighted by molar-refractivity contribution is 0.590. The maximum Gasteiger partial charge on any atom is 0.0372 e. The first-order valence-corrected chi connectivity index (χ1v) is 6.54. The van der Waals surface area contributed by atoms with Crippen LogP contribution in [0.5, 0.6) is 0 Å². The summed E-state index contributed by atoms with van der Waals surface area (Å²) in [5.74, 6) is 0.936. The van der Waals surface area contributed by atoms with Crippen LogP contribution in [0.2, 0.25) is 0 Å². The van der Waals surface area contributed by atoms with Crippen LogP contribution < -0.4 is 5.32 Å². The second-order valence-electron chi connectivity index (χ2n) is 5.28. The van der Waals surface area contributed by atoms with E-state index in [1.165, 1.54) is 16.8 Å². The Morgan fingerprint density at radius 2 is 1.94 bits per heavy atom. The molecule has 0 radical (unpaired) electrons. The summed E-state index contributed by atoms with van der Waals surface area (Å²) in [4.78, 5) is 0. The van der Waals surface area contributed by atoms with Gasteiger partial charge in [-0.2, -0.15) is 12.6 Å². The van der Waals surface area contributed by atoms with Crippen LogP contribution in [0.1, 0.15) is 38.3 Å². The van der Waals surface area contributed by atoms with Gasteiger partial charge in [0.15, 0.2) is 0 Å². The van der Waals surface area contributed by atoms with Crippen LogP contribution in [-0.2, 0) is 5.41 Å². The lowest BCUT2D eigenvalue weighted by Crippen LogP contribution is -2.12. The van der Waals surface area contributed by atoms with Gasteiger partial charge in [0.2, 0.25) is 0 Å². The minimum absolute atomic E-state index is 0.216. The topological polar surface area (TPSA) is 12.0 Å². The number of benzene rings is 1. The molecule has 0 heterocycles. The fourth-order valence-electron chi connectivity index (χ4n) is 1.58. The molecule has 0 aliphatic heterocycles. The molecule has 0 fully saturated rings. The first-order chi connectivity index (χ1) is 7.45. The molecule has 1 rings (SSSR count). The van der Waals surface area contributed by atoms with Gasteiger partial charge < -0.3 is 5.32 Å². The van der Waals surface area contributed by atoms with Gasteiger partial charge in [-0.05, 0) is 41.7 Å². The van der Waals surface area contributed by atoms with Gasteiger partial charge in [0.05, 0.1) is 0 Å². The van der Waals surface area contributed by atoms with Crippen LogP contribution >= 0.6 is 12.6 Å². The van der Waals surface area contributed by atoms with Crippen molar-refractivity contribution >= 4 is 18.3 Å². The van der Waals surface area contributed by atoms with E-state index in [0.29, 0.717) is 0 Å². The van der Waals surface area contributed by atoms with Crippen LogP contribution in [0.4, 0.5) is 5.69 Å². The smallest absolute Gasteiger partial charge is 0.0372 e. The van der Waals surface area contributed by atoms with E-state index >= 15 is 0 Å². The van der Waals surface area contributed by atoms with Gasteiger partial charge in [-0.1, -0.05) is 32.9 Å². The minimum atomic E-state index is 0.216. The van der Waals surface area contributed by atoms with Gasteiger partial charge in [0.25, 0.3) is 0 Å². The third-order valence-electron chi connectivity index (χ3n) is 2.75. The molecule has 0 saturated heterocycles. The standard InChI is InChI=1S/C14H23NS/c1-11-6-7-12(14(2,3)4)10-13(11)15-8-5-9-16/h6-7,10,15-16H,5,8-9H2,1-4H3. The van der Waals surface area contributed by atoms with Crippen LogP contribution in [-0.4, -0.2) is 12.3 Å². The average molecular weight is 237 g/mol. The lowest BCUT2D eigenvalue weighted by atomic mass is 9.86. The van der Waals surface area contributed by atoms with Gasteiger partial charge in [-0.15, -0.1) is 0 Å². The number of hydrogen-bond donors (Lipinski definition) is 2. The van der Waals surface area contributed by atoms with Crippen molar-refractivity contribution in [2.45, 2.75) is 39.5 Å². The normalized spacial score (nSPS) is 11.6. The summed E-state index contributed by atoms with van der Waals surface area (Å²) in [6, 6.07) is 6.69. The molecule has 0 spiro atoms. The lowest BCUT2D eigenvalue weighted by Gasteiger charge is -2.21. The Morgan fingerprint density at radius 3 is 2.50 bits per heavy atom. The fourth-order valence-corrected chi connectivity index (χ4v) is 1.74. The summed E-state index contributed by atoms with van der Waals surface area (Å²) < 4.78 is 0. The van der Waals surface area contributed by atoms with Crippen molar-refractivity contribution < 1.29 is 0 Å². The van der Waals surface area contributed by atoms with E-state index in [1.807, 2.05) is 0 Å². The maximum absolute atomic E-state index is 4.22. The van der Waals surface area contributed by atoms with E-state index in [0.717, 1.165) is 18.7 Å². The SMILES string of the molecule is Cc1ccc(C(C)(C)C)cc1NCCCS. The molecule has 0 saturated carbocycles. The highest BCUT2D eigenvalue weighted by Gasteiger charge is 2.14. The third-order valence-corrected chi connectivity index (χ3v) is 3.07. The largest absolute Gasteiger partial charge is 0.385 e. The van der Waals surface area contributed by atoms with Gasteiger partial charge in [0, 0.05) is 12.2 Å². The molecule has 1 aromatic carbocycles. The highest BCUT2D eigenvalue weighted by atomic mass is 32.1. The van der Waals surface area contributed by atoms with E-state index in [2.05, 4.69) is 63.8 Å². The van der Waals surface area contributed by atoms with Crippen LogP contribution in [0.15, 0.2) is 18.2 Å². The van der Waals surface area contributed by atoms with Gasteiger partial charge in [0.1, 0.15) is 0 Å². The highest BCUT2D eigenvalue weighted by Crippen LogP contribution is 2.26. The maximum atomic E-state index is 4.22. The van der Waals surface area contributed by atoms with Crippen molar-refractivity contribution in [1.29, 1.82) is 0 Å². The zero-order valence-electron chi connectivity index (χ0n) is 10.8. The first-order valence-electron chi connectivity index (χ1n) is 5.91. The third kappa shape index (κ3) is 3.75. The van der Waals surface area contributed by atoms with Crippen LogP contribution in [0, 0.1) is 6.92 Å². The Balaban J connectivity index is 2.83. The Labute approximate surface area is 105 Å². The van der Waals surface area contributed by atoms with Gasteiger partial charge in [-0.3, -0.25) is 0 Å². The molecular formula is C14H23NS. The molecule has 0 bridgehead atoms. The number of hydrogen-bond acceptors (Lipinski definition) is 2. The average Bonchev–Trinajstić information content (AvgIpc) is 2.19. The summed E-state index contributed by atoms with van der Waals surface area (Å²) in [5.41, 5.74) is 4.17. The van der Waals surface area contributed by atoms with Crippen molar-refractivity contribution in [1.82, 2.24) is 0 Å². The second-order valence-corrected chi connectivity index (χ2v) is 5.73. The summed E-state index contributed by atoms with van der Waals surface area (Å²) in [6.45, 7) is 9.88. The van der Waals surface area contributed by atoms with Crippen molar-refractivity contribution in [2.75, 3.05) is 17.6 Å². The molecule has 0 aromatic heterocycles. The summed E-state index contributed by atoms with van der Waals surface area (Å²) in [5, 5.41) is 3.48. The van der Waals surface area contributed by atoms with Gasteiger partial charge >= 0.3 is 0 Å². The minimum Gasteiger partial charge on any atom is -0.385 e. The van der Waals surface area contributed by atoms with Crippen molar-refractivity contribution in [3.8, 4) is 0 Å². The van der Waals surface area contributed by atoms with Crippen molar-refractivity contribution in [2.24, 2.45) is 0 Å². The van der Waals surface area contributed by atoms with E-state index in [-0.39, 0.29) is 5.41 Å². The van der Waals surface area contributed by atoms with E-state index in [1.54, 1.807) is 0 Å². The Morgan fingerprint density at radius 1 is 1.25 bits per heavy atom. The fraction of sp³-hybridized carbons (Fsp3) is 0.571. The van der Waals surface area contributed by atoms with Crippen molar-refractivity contribution in [3.05, 3.63) is 29.3 Å². The predicted molar refractivity (Wildman–Crippen MR) is 76.8 cm³/mol. The first kappa shape index (κ1) is 13.4. The monoisotopic (exact) mass is 237 g/mol. The molecule has 0 atom stereocenters. The summed E-state index contributed by atoms with van der Waals surface area (Å²) in [6.07, 6.45) is 1.10. The molecule has 0 aliphatic rings. The van der Waals surface area contributed by atoms with Crippen LogP contribution in [0.3, 0.4) is 0 Å². The van der Waals surface area contributed by atoms with E-state index in [9.17, 15) is 0 Å². The molecular weight excluding hydrogens is 214 g/mol. The summed E-state index contributed by atoms with van der Waals surface area (Å²) in [7, 11) is 0. The summed E-state index contributed by atoms with van der Waals surface area (Å²) >= 11 is 4.22. The second kappa shape index (κ2) is 5.62. The molecule has 1 N–H and O–H groups in total. The number of nitrogens with one attached hydrogen (secondary N) is 1. The number of rotatable bonds is 4. The van der Waals surface area contributed by atoms with Gasteiger partial charge in [-0.25, -0.2) is 0 Å². The van der Waals surface area contributed by atoms with E-state index in [4.69, 9.17) is 0 Å². The molecule has 0 amide bonds. The molecule has 1 aromatic rings. The van der Waals surface area contributed by atoms with Crippen molar-refractivity contribution in [3.63, 3.8) is 0 Å². The molecule has 1 nitrogen and oxygen atoms in total. The Kier molecular flexibility index (Phi) is 4.72. The highest BCUT2D eigenvalue weighted by molar-refractivity contribution is 7.80. The predicted octanol–water partition coefficient (Wildman–Crippen LogP) is 4.02. The number of thiol groups is 1. The molecule has 0 unspecified atom stereocenters. The molecule has 90 valence electrons. The number of anilines is 1. The molecule has 0 aliphatic carbocycles. The zero-order chi connectivity index (χ0) is 12.2. The Hall–Kier alpha value is -0.630. The van der Waals surface area contributed by atoms with Crippen LogP contribution in [0.25, 0.3) is 0 Å². The van der Waals surface area contributed by atoms with E-state index < -0.39 is 0 Å². The Bertz CT molecular complexity index is 339. The molecule has 2 heteroatoms. The quantitative estimate of drug-likeness (QED) is 0.595. The molecule has 16 heavy (non-hydrogen) atoms.